The number of aliphatic imine (C=N–C) groups is 1. The van der Waals surface area contributed by atoms with Gasteiger partial charge in [-0.3, -0.25) is 23.9 Å². The van der Waals surface area contributed by atoms with Crippen molar-refractivity contribution in [1.82, 2.24) is 14.0 Å². The molecule has 0 aliphatic carbocycles. The third-order valence-electron chi connectivity index (χ3n) is 5.09. The Bertz CT molecular complexity index is 1410. The maximum atomic E-state index is 14.8. The molecule has 1 saturated heterocycles. The number of esters is 1. The predicted molar refractivity (Wildman–Crippen MR) is 126 cm³/mol. The first-order valence-corrected chi connectivity index (χ1v) is 11.7. The number of aliphatic hydroxyl groups excluding tert-OH is 1. The highest BCUT2D eigenvalue weighted by molar-refractivity contribution is 8.15. The van der Waals surface area contributed by atoms with Crippen molar-refractivity contribution in [2.24, 2.45) is 12.0 Å². The number of carbonyl (C=O) groups is 2. The van der Waals surface area contributed by atoms with Crippen molar-refractivity contribution >= 4 is 46.1 Å². The number of aliphatic hydroxyl groups is 1. The van der Waals surface area contributed by atoms with Gasteiger partial charge in [0.15, 0.2) is 5.17 Å². The molecule has 2 aromatic rings. The number of amides is 1. The zero-order chi connectivity index (χ0) is 27.8. The molecule has 2 unspecified atom stereocenters. The van der Waals surface area contributed by atoms with E-state index < -0.39 is 64.4 Å². The molecule has 1 aliphatic heterocycles. The molecule has 2 heterocycles. The molecule has 1 aliphatic rings. The number of amidine groups is 1. The average Bonchev–Trinajstić information content (AvgIpc) is 3.08. The number of carbonyl (C=O) groups excluding carboxylic acids is 2. The Morgan fingerprint density at radius 3 is 2.49 bits per heavy atom. The van der Waals surface area contributed by atoms with Gasteiger partial charge in [-0.15, -0.1) is 0 Å². The summed E-state index contributed by atoms with van der Waals surface area (Å²) in [6, 6.07) is 1.66. The zero-order valence-electron chi connectivity index (χ0n) is 19.4. The maximum Gasteiger partial charge on any atom is 0.431 e. The standard InChI is InChI=1S/C21H19ClF4N4O6S/c1-4-36-16(33)8-29-18(34)17(9(2)31)37-19(29)27-12-6-13(11(23)5-10(12)22)30-15(32)7-14(21(24,25)26)28(3)20(30)35/h5-7,9,17,31H,4,8H2,1-3H3. The molecule has 1 aromatic carbocycles. The highest BCUT2D eigenvalue weighted by atomic mass is 35.5. The molecule has 200 valence electrons. The SMILES string of the molecule is CCOC(=O)CN1C(=O)C(C(C)O)SC1=Nc1cc(-n2c(=O)cc(C(F)(F)F)n(C)c2=O)c(F)cc1Cl. The molecule has 10 nitrogen and oxygen atoms in total. The normalized spacial score (nSPS) is 18.0. The van der Waals surface area contributed by atoms with Crippen LogP contribution in [-0.4, -0.2) is 60.7 Å². The molecule has 0 saturated carbocycles. The van der Waals surface area contributed by atoms with E-state index in [1.165, 1.54) is 6.92 Å². The molecular formula is C21H19ClF4N4O6S. The van der Waals surface area contributed by atoms with Crippen LogP contribution in [0.3, 0.4) is 0 Å². The number of benzene rings is 1. The molecular weight excluding hydrogens is 548 g/mol. The van der Waals surface area contributed by atoms with Crippen molar-refractivity contribution < 1.29 is 37.0 Å². The minimum Gasteiger partial charge on any atom is -0.465 e. The second-order valence-corrected chi connectivity index (χ2v) is 9.22. The van der Waals surface area contributed by atoms with Crippen LogP contribution in [0.1, 0.15) is 19.5 Å². The first-order valence-electron chi connectivity index (χ1n) is 10.5. The maximum absolute atomic E-state index is 14.8. The van der Waals surface area contributed by atoms with Crippen LogP contribution in [0, 0.1) is 5.82 Å². The molecule has 16 heteroatoms. The molecule has 1 fully saturated rings. The number of nitrogens with zero attached hydrogens (tertiary/aromatic N) is 4. The van der Waals surface area contributed by atoms with Gasteiger partial charge in [0.05, 0.1) is 29.1 Å². The van der Waals surface area contributed by atoms with Crippen LogP contribution < -0.4 is 11.2 Å². The number of ether oxygens (including phenoxy) is 1. The minimum absolute atomic E-state index is 0.0320. The van der Waals surface area contributed by atoms with Crippen LogP contribution in [0.25, 0.3) is 5.69 Å². The van der Waals surface area contributed by atoms with E-state index in [4.69, 9.17) is 16.3 Å². The van der Waals surface area contributed by atoms with E-state index in [-0.39, 0.29) is 37.7 Å². The molecule has 0 bridgehead atoms. The van der Waals surface area contributed by atoms with Gasteiger partial charge in [0, 0.05) is 13.1 Å². The summed E-state index contributed by atoms with van der Waals surface area (Å²) in [7, 11) is 0.764. The van der Waals surface area contributed by atoms with E-state index in [1.807, 2.05) is 0 Å². The summed E-state index contributed by atoms with van der Waals surface area (Å²) in [6.07, 6.45) is -6.17. The van der Waals surface area contributed by atoms with Crippen LogP contribution >= 0.6 is 23.4 Å². The molecule has 1 N–H and O–H groups in total. The number of rotatable bonds is 6. The minimum atomic E-state index is -5.02. The number of aromatic nitrogens is 2. The summed E-state index contributed by atoms with van der Waals surface area (Å²) in [5.74, 6) is -2.66. The van der Waals surface area contributed by atoms with Gasteiger partial charge in [-0.05, 0) is 26.0 Å². The Labute approximate surface area is 215 Å². The lowest BCUT2D eigenvalue weighted by Crippen LogP contribution is -2.41. The van der Waals surface area contributed by atoms with Gasteiger partial charge < -0.3 is 9.84 Å². The summed E-state index contributed by atoms with van der Waals surface area (Å²) in [5.41, 5.74) is -5.50. The smallest absolute Gasteiger partial charge is 0.431 e. The first kappa shape index (κ1) is 28.4. The van der Waals surface area contributed by atoms with Crippen molar-refractivity contribution in [3.05, 3.63) is 55.6 Å². The highest BCUT2D eigenvalue weighted by Crippen LogP contribution is 2.35. The monoisotopic (exact) mass is 566 g/mol. The number of hydrogen-bond acceptors (Lipinski definition) is 8. The lowest BCUT2D eigenvalue weighted by atomic mass is 10.2. The Morgan fingerprint density at radius 1 is 1.27 bits per heavy atom. The second kappa shape index (κ2) is 10.7. The zero-order valence-corrected chi connectivity index (χ0v) is 20.9. The van der Waals surface area contributed by atoms with Crippen LogP contribution in [0.5, 0.6) is 0 Å². The molecule has 0 radical (unpaired) electrons. The molecule has 3 rings (SSSR count). The van der Waals surface area contributed by atoms with Gasteiger partial charge in [0.1, 0.15) is 23.3 Å². The van der Waals surface area contributed by atoms with E-state index in [0.29, 0.717) is 6.07 Å². The van der Waals surface area contributed by atoms with Crippen LogP contribution in [0.15, 0.2) is 32.8 Å². The number of thioether (sulfide) groups is 1. The average molecular weight is 567 g/mol. The highest BCUT2D eigenvalue weighted by Gasteiger charge is 2.42. The van der Waals surface area contributed by atoms with Crippen molar-refractivity contribution in [2.75, 3.05) is 13.2 Å². The van der Waals surface area contributed by atoms with E-state index in [0.717, 1.165) is 29.8 Å². The summed E-state index contributed by atoms with van der Waals surface area (Å²) < 4.78 is 59.4. The van der Waals surface area contributed by atoms with Crippen LogP contribution in [0.2, 0.25) is 5.02 Å². The number of halogens is 5. The van der Waals surface area contributed by atoms with Gasteiger partial charge in [-0.25, -0.2) is 18.7 Å². The number of hydrogen-bond donors (Lipinski definition) is 1. The summed E-state index contributed by atoms with van der Waals surface area (Å²) >= 11 is 6.86. The van der Waals surface area contributed by atoms with Crippen molar-refractivity contribution in [3.8, 4) is 5.69 Å². The molecule has 37 heavy (non-hydrogen) atoms. The van der Waals surface area contributed by atoms with E-state index in [1.54, 1.807) is 6.92 Å². The summed E-state index contributed by atoms with van der Waals surface area (Å²) in [5, 5.41) is 8.43. The first-order chi connectivity index (χ1) is 17.2. The van der Waals surface area contributed by atoms with Crippen molar-refractivity contribution in [2.45, 2.75) is 31.4 Å². The van der Waals surface area contributed by atoms with E-state index in [2.05, 4.69) is 4.99 Å². The third kappa shape index (κ3) is 5.72. The second-order valence-electron chi connectivity index (χ2n) is 7.70. The Hall–Kier alpha value is -3.17. The summed E-state index contributed by atoms with van der Waals surface area (Å²) in [6.45, 7) is 2.37. The fraction of sp³-hybridized carbons (Fsp3) is 0.381. The molecule has 0 spiro atoms. The molecule has 1 amide bonds. The molecule has 2 atom stereocenters. The third-order valence-corrected chi connectivity index (χ3v) is 6.76. The molecule has 1 aromatic heterocycles. The number of alkyl halides is 3. The van der Waals surface area contributed by atoms with Gasteiger partial charge >= 0.3 is 17.8 Å². The largest absolute Gasteiger partial charge is 0.465 e. The topological polar surface area (TPSA) is 123 Å². The Morgan fingerprint density at radius 2 is 1.92 bits per heavy atom. The Balaban J connectivity index is 2.17. The lowest BCUT2D eigenvalue weighted by Gasteiger charge is -2.16. The van der Waals surface area contributed by atoms with Gasteiger partial charge in [-0.2, -0.15) is 13.2 Å². The quantitative estimate of drug-likeness (QED) is 0.420. The van der Waals surface area contributed by atoms with Gasteiger partial charge in [-0.1, -0.05) is 23.4 Å². The Kier molecular flexibility index (Phi) is 8.19. The van der Waals surface area contributed by atoms with Crippen molar-refractivity contribution in [1.29, 1.82) is 0 Å². The van der Waals surface area contributed by atoms with Gasteiger partial charge in [0.2, 0.25) is 5.91 Å². The predicted octanol–water partition coefficient (Wildman–Crippen LogP) is 2.22. The van der Waals surface area contributed by atoms with Gasteiger partial charge in [0.25, 0.3) is 5.56 Å². The van der Waals surface area contributed by atoms with Crippen LogP contribution in [-0.2, 0) is 27.5 Å². The fourth-order valence-electron chi connectivity index (χ4n) is 3.35. The fourth-order valence-corrected chi connectivity index (χ4v) is 4.63. The summed E-state index contributed by atoms with van der Waals surface area (Å²) in [4.78, 5) is 54.8. The van der Waals surface area contributed by atoms with Crippen molar-refractivity contribution in [3.63, 3.8) is 0 Å². The lowest BCUT2D eigenvalue weighted by molar-refractivity contribution is -0.146. The van der Waals surface area contributed by atoms with E-state index >= 15 is 0 Å². The van der Waals surface area contributed by atoms with E-state index in [9.17, 15) is 41.8 Å². The van der Waals surface area contributed by atoms with Crippen LogP contribution in [0.4, 0.5) is 23.2 Å².